The van der Waals surface area contributed by atoms with Crippen LogP contribution in [0.15, 0.2) is 49.1 Å². The van der Waals surface area contributed by atoms with Crippen LogP contribution in [-0.4, -0.2) is 10.7 Å². The molecule has 1 nitrogen and oxygen atoms in total. The Balaban J connectivity index is 2.95. The summed E-state index contributed by atoms with van der Waals surface area (Å²) in [6, 6.07) is 10.0. The monoisotopic (exact) mass is 230 g/mol. The SMILES string of the molecule is C=CCC(O)(C=Cc1ccccc1)C(C)(C)C. The lowest BCUT2D eigenvalue weighted by Gasteiger charge is -2.37. The lowest BCUT2D eigenvalue weighted by atomic mass is 9.74. The Bertz CT molecular complexity index is 384. The average molecular weight is 230 g/mol. The molecule has 0 heterocycles. The van der Waals surface area contributed by atoms with E-state index in [1.165, 1.54) is 0 Å². The molecule has 0 saturated heterocycles. The molecule has 1 heteroatoms. The van der Waals surface area contributed by atoms with E-state index < -0.39 is 5.60 Å². The molecular formula is C16H22O. The van der Waals surface area contributed by atoms with Gasteiger partial charge in [-0.05, 0) is 17.4 Å². The molecule has 0 radical (unpaired) electrons. The Morgan fingerprint density at radius 2 is 1.76 bits per heavy atom. The van der Waals surface area contributed by atoms with Gasteiger partial charge in [0.1, 0.15) is 0 Å². The summed E-state index contributed by atoms with van der Waals surface area (Å²) in [5.74, 6) is 0. The van der Waals surface area contributed by atoms with E-state index in [0.717, 1.165) is 5.56 Å². The van der Waals surface area contributed by atoms with Crippen molar-refractivity contribution in [3.8, 4) is 0 Å². The van der Waals surface area contributed by atoms with Crippen molar-refractivity contribution in [2.24, 2.45) is 5.41 Å². The van der Waals surface area contributed by atoms with Crippen LogP contribution < -0.4 is 0 Å². The molecule has 1 rings (SSSR count). The van der Waals surface area contributed by atoms with Gasteiger partial charge in [0.2, 0.25) is 0 Å². The molecule has 1 aromatic rings. The second kappa shape index (κ2) is 5.33. The summed E-state index contributed by atoms with van der Waals surface area (Å²) in [5.41, 5.74) is 0.0242. The van der Waals surface area contributed by atoms with Gasteiger partial charge in [0.05, 0.1) is 5.60 Å². The van der Waals surface area contributed by atoms with Crippen molar-refractivity contribution in [1.82, 2.24) is 0 Å². The van der Waals surface area contributed by atoms with Gasteiger partial charge in [-0.3, -0.25) is 0 Å². The molecule has 0 aromatic heterocycles. The Morgan fingerprint density at radius 1 is 1.18 bits per heavy atom. The summed E-state index contributed by atoms with van der Waals surface area (Å²) in [4.78, 5) is 0. The maximum absolute atomic E-state index is 10.7. The molecule has 0 aliphatic rings. The van der Waals surface area contributed by atoms with Crippen LogP contribution >= 0.6 is 0 Å². The fraction of sp³-hybridized carbons (Fsp3) is 0.375. The van der Waals surface area contributed by atoms with Gasteiger partial charge in [-0.25, -0.2) is 0 Å². The van der Waals surface area contributed by atoms with E-state index in [1.807, 2.05) is 63.3 Å². The summed E-state index contributed by atoms with van der Waals surface area (Å²) >= 11 is 0. The number of benzene rings is 1. The molecule has 92 valence electrons. The highest BCUT2D eigenvalue weighted by Gasteiger charge is 2.36. The minimum atomic E-state index is -0.857. The maximum atomic E-state index is 10.7. The van der Waals surface area contributed by atoms with Gasteiger partial charge < -0.3 is 5.11 Å². The molecule has 0 saturated carbocycles. The Labute approximate surface area is 104 Å². The second-order valence-corrected chi connectivity index (χ2v) is 5.41. The van der Waals surface area contributed by atoms with Crippen molar-refractivity contribution in [3.63, 3.8) is 0 Å². The number of aliphatic hydroxyl groups is 1. The first-order valence-electron chi connectivity index (χ1n) is 5.97. The zero-order valence-corrected chi connectivity index (χ0v) is 11.0. The molecular weight excluding hydrogens is 208 g/mol. The predicted molar refractivity (Wildman–Crippen MR) is 74.7 cm³/mol. The lowest BCUT2D eigenvalue weighted by Crippen LogP contribution is -2.40. The molecule has 0 bridgehead atoms. The Hall–Kier alpha value is -1.34. The van der Waals surface area contributed by atoms with E-state index in [4.69, 9.17) is 0 Å². The minimum absolute atomic E-state index is 0.216. The van der Waals surface area contributed by atoms with Crippen LogP contribution in [-0.2, 0) is 0 Å². The van der Waals surface area contributed by atoms with Gasteiger partial charge in [-0.15, -0.1) is 6.58 Å². The standard InChI is InChI=1S/C16H22O/c1-5-12-16(17,15(2,3)4)13-11-14-9-7-6-8-10-14/h5-11,13,17H,1,12H2,2-4H3. The first-order valence-corrected chi connectivity index (χ1v) is 5.97. The van der Waals surface area contributed by atoms with E-state index in [1.54, 1.807) is 6.08 Å². The number of rotatable bonds is 4. The highest BCUT2D eigenvalue weighted by molar-refractivity contribution is 5.50. The summed E-state index contributed by atoms with van der Waals surface area (Å²) in [6.45, 7) is 9.82. The smallest absolute Gasteiger partial charge is 0.0913 e. The fourth-order valence-electron chi connectivity index (χ4n) is 1.64. The summed E-state index contributed by atoms with van der Waals surface area (Å²) < 4.78 is 0. The first-order chi connectivity index (χ1) is 7.89. The molecule has 0 spiro atoms. The van der Waals surface area contributed by atoms with Gasteiger partial charge in [0.15, 0.2) is 0 Å². The van der Waals surface area contributed by atoms with Crippen molar-refractivity contribution >= 4 is 6.08 Å². The zero-order chi connectivity index (χ0) is 12.9. The minimum Gasteiger partial charge on any atom is -0.385 e. The third-order valence-corrected chi connectivity index (χ3v) is 3.11. The van der Waals surface area contributed by atoms with E-state index in [2.05, 4.69) is 6.58 Å². The van der Waals surface area contributed by atoms with Crippen molar-refractivity contribution < 1.29 is 5.11 Å². The van der Waals surface area contributed by atoms with Crippen LogP contribution in [0, 0.1) is 5.41 Å². The third kappa shape index (κ3) is 3.57. The molecule has 0 aliphatic heterocycles. The Kier molecular flexibility index (Phi) is 4.30. The topological polar surface area (TPSA) is 20.2 Å². The molecule has 0 fully saturated rings. The van der Waals surface area contributed by atoms with Crippen molar-refractivity contribution in [3.05, 3.63) is 54.6 Å². The maximum Gasteiger partial charge on any atom is 0.0913 e. The highest BCUT2D eigenvalue weighted by Crippen LogP contribution is 2.35. The molecule has 1 N–H and O–H groups in total. The molecule has 0 aliphatic carbocycles. The van der Waals surface area contributed by atoms with E-state index in [9.17, 15) is 5.11 Å². The average Bonchev–Trinajstić information content (AvgIpc) is 2.27. The number of hydrogen-bond donors (Lipinski definition) is 1. The summed E-state index contributed by atoms with van der Waals surface area (Å²) in [7, 11) is 0. The predicted octanol–water partition coefficient (Wildman–Crippen LogP) is 4.05. The van der Waals surface area contributed by atoms with Gasteiger partial charge in [-0.1, -0.05) is 69.3 Å². The molecule has 1 unspecified atom stereocenters. The lowest BCUT2D eigenvalue weighted by molar-refractivity contribution is -0.0101. The normalized spacial score (nSPS) is 15.8. The van der Waals surface area contributed by atoms with Crippen molar-refractivity contribution in [1.29, 1.82) is 0 Å². The third-order valence-electron chi connectivity index (χ3n) is 3.11. The van der Waals surface area contributed by atoms with Crippen molar-refractivity contribution in [2.75, 3.05) is 0 Å². The number of hydrogen-bond acceptors (Lipinski definition) is 1. The summed E-state index contributed by atoms with van der Waals surface area (Å²) in [5, 5.41) is 10.7. The van der Waals surface area contributed by atoms with Crippen LogP contribution in [0.25, 0.3) is 6.08 Å². The van der Waals surface area contributed by atoms with E-state index >= 15 is 0 Å². The van der Waals surface area contributed by atoms with Gasteiger partial charge in [0, 0.05) is 0 Å². The quantitative estimate of drug-likeness (QED) is 0.774. The molecule has 1 aromatic carbocycles. The van der Waals surface area contributed by atoms with Crippen LogP contribution in [0.2, 0.25) is 0 Å². The zero-order valence-electron chi connectivity index (χ0n) is 11.0. The first kappa shape index (κ1) is 13.7. The molecule has 17 heavy (non-hydrogen) atoms. The largest absolute Gasteiger partial charge is 0.385 e. The molecule has 1 atom stereocenters. The summed E-state index contributed by atoms with van der Waals surface area (Å²) in [6.07, 6.45) is 6.17. The van der Waals surface area contributed by atoms with Gasteiger partial charge in [0.25, 0.3) is 0 Å². The van der Waals surface area contributed by atoms with Crippen LogP contribution in [0.4, 0.5) is 0 Å². The second-order valence-electron chi connectivity index (χ2n) is 5.41. The highest BCUT2D eigenvalue weighted by atomic mass is 16.3. The van der Waals surface area contributed by atoms with Crippen molar-refractivity contribution in [2.45, 2.75) is 32.8 Å². The fourth-order valence-corrected chi connectivity index (χ4v) is 1.64. The van der Waals surface area contributed by atoms with Gasteiger partial charge >= 0.3 is 0 Å². The Morgan fingerprint density at radius 3 is 2.24 bits per heavy atom. The van der Waals surface area contributed by atoms with Crippen LogP contribution in [0.5, 0.6) is 0 Å². The van der Waals surface area contributed by atoms with Gasteiger partial charge in [-0.2, -0.15) is 0 Å². The van der Waals surface area contributed by atoms with Crippen LogP contribution in [0.1, 0.15) is 32.8 Å². The molecule has 0 amide bonds. The van der Waals surface area contributed by atoms with Crippen LogP contribution in [0.3, 0.4) is 0 Å². The van der Waals surface area contributed by atoms with E-state index in [0.29, 0.717) is 6.42 Å². The van der Waals surface area contributed by atoms with E-state index in [-0.39, 0.29) is 5.41 Å².